The predicted molar refractivity (Wildman–Crippen MR) is 86.5 cm³/mol. The van der Waals surface area contributed by atoms with E-state index in [1.807, 2.05) is 0 Å². The Morgan fingerprint density at radius 3 is 2.67 bits per heavy atom. The standard InChI is InChI=1S/C16H13Cl2NO2/c17-13-6-3-5-11(16(13)18)8-9-15(21)19-14-7-2-1-4-12(14)10-20/h1-9,20H,10H2,(H,19,21). The van der Waals surface area contributed by atoms with Gasteiger partial charge in [0, 0.05) is 17.3 Å². The van der Waals surface area contributed by atoms with Crippen molar-refractivity contribution in [2.75, 3.05) is 5.32 Å². The van der Waals surface area contributed by atoms with Crippen molar-refractivity contribution in [2.24, 2.45) is 0 Å². The lowest BCUT2D eigenvalue weighted by Crippen LogP contribution is -2.09. The number of anilines is 1. The summed E-state index contributed by atoms with van der Waals surface area (Å²) in [5, 5.41) is 12.7. The van der Waals surface area contributed by atoms with Crippen LogP contribution in [0.2, 0.25) is 10.0 Å². The predicted octanol–water partition coefficient (Wildman–Crippen LogP) is 4.14. The summed E-state index contributed by atoms with van der Waals surface area (Å²) in [6.07, 6.45) is 2.96. The van der Waals surface area contributed by atoms with Gasteiger partial charge in [-0.25, -0.2) is 0 Å². The third-order valence-corrected chi connectivity index (χ3v) is 3.67. The minimum Gasteiger partial charge on any atom is -0.392 e. The van der Waals surface area contributed by atoms with Gasteiger partial charge in [0.2, 0.25) is 5.91 Å². The molecule has 2 aromatic rings. The van der Waals surface area contributed by atoms with E-state index in [0.29, 0.717) is 26.9 Å². The fourth-order valence-electron chi connectivity index (χ4n) is 1.77. The summed E-state index contributed by atoms with van der Waals surface area (Å²) in [5.74, 6) is -0.313. The van der Waals surface area contributed by atoms with Gasteiger partial charge in [-0.3, -0.25) is 4.79 Å². The van der Waals surface area contributed by atoms with Crippen LogP contribution in [0.1, 0.15) is 11.1 Å². The van der Waals surface area contributed by atoms with E-state index >= 15 is 0 Å². The van der Waals surface area contributed by atoms with Gasteiger partial charge >= 0.3 is 0 Å². The Balaban J connectivity index is 2.11. The van der Waals surface area contributed by atoms with Crippen molar-refractivity contribution in [2.45, 2.75) is 6.61 Å². The Kier molecular flexibility index (Phi) is 5.39. The van der Waals surface area contributed by atoms with E-state index in [1.165, 1.54) is 6.08 Å². The number of hydrogen-bond donors (Lipinski definition) is 2. The maximum absolute atomic E-state index is 11.9. The fraction of sp³-hybridized carbons (Fsp3) is 0.0625. The molecule has 0 aliphatic heterocycles. The number of aliphatic hydroxyl groups is 1. The summed E-state index contributed by atoms with van der Waals surface area (Å²) in [6.45, 7) is -0.139. The molecule has 3 nitrogen and oxygen atoms in total. The Hall–Kier alpha value is -1.81. The van der Waals surface area contributed by atoms with E-state index in [4.69, 9.17) is 23.2 Å². The van der Waals surface area contributed by atoms with Crippen LogP contribution in [-0.4, -0.2) is 11.0 Å². The third kappa shape index (κ3) is 4.08. The number of para-hydroxylation sites is 1. The van der Waals surface area contributed by atoms with Gasteiger partial charge in [0.25, 0.3) is 0 Å². The van der Waals surface area contributed by atoms with Crippen molar-refractivity contribution in [3.05, 3.63) is 69.7 Å². The van der Waals surface area contributed by atoms with Crippen LogP contribution < -0.4 is 5.32 Å². The molecule has 2 rings (SSSR count). The number of carbonyl (C=O) groups excluding carboxylic acids is 1. The van der Waals surface area contributed by atoms with Crippen molar-refractivity contribution in [3.63, 3.8) is 0 Å². The number of carbonyl (C=O) groups is 1. The maximum atomic E-state index is 11.9. The first kappa shape index (κ1) is 15.6. The molecule has 108 valence electrons. The first-order valence-corrected chi connectivity index (χ1v) is 6.99. The molecular formula is C16H13Cl2NO2. The van der Waals surface area contributed by atoms with Gasteiger partial charge < -0.3 is 10.4 Å². The van der Waals surface area contributed by atoms with E-state index in [-0.39, 0.29) is 12.5 Å². The number of nitrogens with one attached hydrogen (secondary N) is 1. The van der Waals surface area contributed by atoms with Crippen LogP contribution in [-0.2, 0) is 11.4 Å². The van der Waals surface area contributed by atoms with Crippen LogP contribution in [0.25, 0.3) is 6.08 Å². The Bertz CT molecular complexity index is 684. The van der Waals surface area contributed by atoms with Crippen LogP contribution in [0.3, 0.4) is 0 Å². The van der Waals surface area contributed by atoms with E-state index in [0.717, 1.165) is 0 Å². The molecule has 0 fully saturated rings. The minimum atomic E-state index is -0.313. The first-order chi connectivity index (χ1) is 10.1. The lowest BCUT2D eigenvalue weighted by molar-refractivity contribution is -0.111. The molecule has 2 N–H and O–H groups in total. The average molecular weight is 322 g/mol. The Morgan fingerprint density at radius 2 is 1.90 bits per heavy atom. The third-order valence-electron chi connectivity index (χ3n) is 2.84. The van der Waals surface area contributed by atoms with E-state index in [1.54, 1.807) is 48.5 Å². The molecule has 0 spiro atoms. The van der Waals surface area contributed by atoms with Crippen molar-refractivity contribution in [1.82, 2.24) is 0 Å². The van der Waals surface area contributed by atoms with Gasteiger partial charge in [0.15, 0.2) is 0 Å². The van der Waals surface area contributed by atoms with Crippen molar-refractivity contribution >= 4 is 40.9 Å². The second-order valence-corrected chi connectivity index (χ2v) is 5.07. The molecule has 21 heavy (non-hydrogen) atoms. The lowest BCUT2D eigenvalue weighted by Gasteiger charge is -2.07. The van der Waals surface area contributed by atoms with Gasteiger partial charge in [0.1, 0.15) is 0 Å². The summed E-state index contributed by atoms with van der Waals surface area (Å²) >= 11 is 11.9. The summed E-state index contributed by atoms with van der Waals surface area (Å²) in [7, 11) is 0. The largest absolute Gasteiger partial charge is 0.392 e. The van der Waals surface area contributed by atoms with E-state index < -0.39 is 0 Å². The molecule has 0 bridgehead atoms. The summed E-state index contributed by atoms with van der Waals surface area (Å²) in [6, 6.07) is 12.2. The van der Waals surface area contributed by atoms with Crippen LogP contribution in [0.15, 0.2) is 48.5 Å². The molecule has 0 aromatic heterocycles. The van der Waals surface area contributed by atoms with Crippen molar-refractivity contribution in [1.29, 1.82) is 0 Å². The molecule has 0 saturated heterocycles. The smallest absolute Gasteiger partial charge is 0.248 e. The molecule has 0 radical (unpaired) electrons. The van der Waals surface area contributed by atoms with Gasteiger partial charge in [-0.15, -0.1) is 0 Å². The number of hydrogen-bond acceptors (Lipinski definition) is 2. The van der Waals surface area contributed by atoms with Crippen LogP contribution in [0.4, 0.5) is 5.69 Å². The highest BCUT2D eigenvalue weighted by atomic mass is 35.5. The van der Waals surface area contributed by atoms with Crippen molar-refractivity contribution < 1.29 is 9.90 Å². The lowest BCUT2D eigenvalue weighted by atomic mass is 10.2. The van der Waals surface area contributed by atoms with Gasteiger partial charge in [0.05, 0.1) is 16.7 Å². The molecule has 2 aromatic carbocycles. The summed E-state index contributed by atoms with van der Waals surface area (Å²) in [5.41, 5.74) is 1.89. The van der Waals surface area contributed by atoms with Crippen LogP contribution >= 0.6 is 23.2 Å². The van der Waals surface area contributed by atoms with E-state index in [2.05, 4.69) is 5.32 Å². The monoisotopic (exact) mass is 321 g/mol. The number of aliphatic hydroxyl groups excluding tert-OH is 1. The molecule has 1 amide bonds. The van der Waals surface area contributed by atoms with Crippen LogP contribution in [0, 0.1) is 0 Å². The molecular weight excluding hydrogens is 309 g/mol. The van der Waals surface area contributed by atoms with Crippen molar-refractivity contribution in [3.8, 4) is 0 Å². The molecule has 0 saturated carbocycles. The second-order valence-electron chi connectivity index (χ2n) is 4.28. The fourth-order valence-corrected chi connectivity index (χ4v) is 2.14. The minimum absolute atomic E-state index is 0.139. The number of rotatable bonds is 4. The topological polar surface area (TPSA) is 49.3 Å². The Morgan fingerprint density at radius 1 is 1.14 bits per heavy atom. The average Bonchev–Trinajstić information content (AvgIpc) is 2.49. The van der Waals surface area contributed by atoms with Gasteiger partial charge in [-0.1, -0.05) is 53.5 Å². The zero-order valence-corrected chi connectivity index (χ0v) is 12.5. The van der Waals surface area contributed by atoms with Gasteiger partial charge in [-0.2, -0.15) is 0 Å². The van der Waals surface area contributed by atoms with Crippen LogP contribution in [0.5, 0.6) is 0 Å². The molecule has 0 aliphatic rings. The highest BCUT2D eigenvalue weighted by Crippen LogP contribution is 2.26. The highest BCUT2D eigenvalue weighted by Gasteiger charge is 2.04. The molecule has 5 heteroatoms. The number of benzene rings is 2. The molecule has 0 unspecified atom stereocenters. The SMILES string of the molecule is O=C(C=Cc1cccc(Cl)c1Cl)Nc1ccccc1CO. The zero-order valence-electron chi connectivity index (χ0n) is 11.0. The quantitative estimate of drug-likeness (QED) is 0.831. The van der Waals surface area contributed by atoms with E-state index in [9.17, 15) is 9.90 Å². The number of amides is 1. The molecule has 0 atom stereocenters. The molecule has 0 aliphatic carbocycles. The highest BCUT2D eigenvalue weighted by molar-refractivity contribution is 6.42. The first-order valence-electron chi connectivity index (χ1n) is 6.23. The number of halogens is 2. The van der Waals surface area contributed by atoms with Gasteiger partial charge in [-0.05, 0) is 23.8 Å². The summed E-state index contributed by atoms with van der Waals surface area (Å²) in [4.78, 5) is 11.9. The Labute approximate surface area is 132 Å². The zero-order chi connectivity index (χ0) is 15.2. The summed E-state index contributed by atoms with van der Waals surface area (Å²) < 4.78 is 0. The normalized spacial score (nSPS) is 10.8. The second kappa shape index (κ2) is 7.27. The maximum Gasteiger partial charge on any atom is 0.248 e. The molecule has 0 heterocycles.